The Labute approximate surface area is 85.6 Å². The molecule has 0 radical (unpaired) electrons. The third kappa shape index (κ3) is 6.08. The Morgan fingerprint density at radius 3 is 1.67 bits per heavy atom. The van der Waals surface area contributed by atoms with Crippen molar-refractivity contribution in [2.24, 2.45) is 0 Å². The van der Waals surface area contributed by atoms with Crippen LogP contribution < -0.4 is 0 Å². The highest BCUT2D eigenvalue weighted by Gasteiger charge is 2.04. The zero-order valence-corrected chi connectivity index (χ0v) is 8.82. The minimum atomic E-state index is -3.16. The monoisotopic (exact) mass is 242 g/mol. The third-order valence-electron chi connectivity index (χ3n) is 1.21. The molecule has 0 fully saturated rings. The van der Waals surface area contributed by atoms with E-state index in [0.29, 0.717) is 0 Å². The first kappa shape index (κ1) is 13.9. The van der Waals surface area contributed by atoms with Gasteiger partial charge < -0.3 is 0 Å². The molecule has 86 valence electrons. The van der Waals surface area contributed by atoms with Crippen LogP contribution in [0.3, 0.4) is 0 Å². The molecule has 0 unspecified atom stereocenters. The lowest BCUT2D eigenvalue weighted by molar-refractivity contribution is 0.403. The van der Waals surface area contributed by atoms with E-state index in [-0.39, 0.29) is 0 Å². The van der Waals surface area contributed by atoms with Crippen molar-refractivity contribution in [3.05, 3.63) is 35.7 Å². The van der Waals surface area contributed by atoms with Crippen LogP contribution in [0.2, 0.25) is 0 Å². The Balaban J connectivity index is 0.000000288. The van der Waals surface area contributed by atoms with E-state index in [1.54, 1.807) is 0 Å². The Morgan fingerprint density at radius 2 is 1.47 bits per heavy atom. The lowest BCUT2D eigenvalue weighted by Gasteiger charge is -1.90. The molecule has 1 aromatic rings. The zero-order valence-electron chi connectivity index (χ0n) is 8.00. The zero-order chi connectivity index (χ0) is 12.1. The summed E-state index contributed by atoms with van der Waals surface area (Å²) in [6.45, 7) is 0. The van der Waals surface area contributed by atoms with Gasteiger partial charge in [0.05, 0.1) is 13.4 Å². The van der Waals surface area contributed by atoms with Gasteiger partial charge in [-0.25, -0.2) is 13.2 Å². The van der Waals surface area contributed by atoms with E-state index in [1.807, 2.05) is 0 Å². The van der Waals surface area contributed by atoms with Gasteiger partial charge in [-0.2, -0.15) is 8.42 Å². The van der Waals surface area contributed by atoms with Gasteiger partial charge in [0.2, 0.25) is 0 Å². The second-order valence-electron chi connectivity index (χ2n) is 2.41. The molecule has 7 heteroatoms. The van der Waals surface area contributed by atoms with Gasteiger partial charge >= 0.3 is 0 Å². The summed E-state index contributed by atoms with van der Waals surface area (Å²) in [6.07, 6.45) is 0.993. The number of rotatable bonds is 1. The van der Waals surface area contributed by atoms with Gasteiger partial charge in [0.25, 0.3) is 10.1 Å². The van der Waals surface area contributed by atoms with E-state index >= 15 is 0 Å². The molecule has 0 spiro atoms. The van der Waals surface area contributed by atoms with Gasteiger partial charge in [-0.05, 0) is 12.1 Å². The highest BCUT2D eigenvalue weighted by atomic mass is 32.2. The number of benzene rings is 1. The molecule has 15 heavy (non-hydrogen) atoms. The maximum Gasteiger partial charge on any atom is 0.264 e. The summed E-state index contributed by atoms with van der Waals surface area (Å²) in [4.78, 5) is 0. The minimum Gasteiger partial charge on any atom is -0.274 e. The van der Waals surface area contributed by atoms with Crippen molar-refractivity contribution in [2.45, 2.75) is 0 Å². The second kappa shape index (κ2) is 5.72. The molecule has 0 saturated heterocycles. The van der Waals surface area contributed by atoms with Crippen molar-refractivity contribution < 1.29 is 25.8 Å². The summed E-state index contributed by atoms with van der Waals surface area (Å²) in [5, 5.41) is 0. The van der Waals surface area contributed by atoms with Gasteiger partial charge in [0, 0.05) is 0 Å². The molecule has 0 amide bonds. The number of hydrogen-bond acceptors (Lipinski definition) is 3. The van der Waals surface area contributed by atoms with Crippen LogP contribution >= 0.6 is 0 Å². The first-order valence-corrected chi connectivity index (χ1v) is 5.44. The van der Waals surface area contributed by atoms with Crippen LogP contribution in [0.1, 0.15) is 0 Å². The van der Waals surface area contributed by atoms with Crippen LogP contribution in [0.25, 0.3) is 0 Å². The van der Waals surface area contributed by atoms with Crippen molar-refractivity contribution in [1.29, 1.82) is 0 Å². The molecule has 1 aromatic carbocycles. The minimum absolute atomic E-state index is 0.860. The fraction of sp³-hybridized carbons (Fsp3) is 0.250. The largest absolute Gasteiger partial charge is 0.274 e. The fourth-order valence-corrected chi connectivity index (χ4v) is 0.477. The third-order valence-corrected chi connectivity index (χ3v) is 1.81. The average molecular weight is 242 g/mol. The maximum absolute atomic E-state index is 12.0. The normalized spacial score (nSPS) is 10.5. The van der Waals surface area contributed by atoms with E-state index in [1.165, 1.54) is 0 Å². The van der Waals surface area contributed by atoms with Crippen molar-refractivity contribution in [3.63, 3.8) is 0 Å². The molecule has 0 heterocycles. The molecule has 0 aliphatic rings. The molecule has 0 aliphatic carbocycles. The summed E-state index contributed by atoms with van der Waals surface area (Å²) in [6, 6.07) is 2.82. The van der Waals surface area contributed by atoms with Gasteiger partial charge in [0.1, 0.15) is 0 Å². The molecule has 0 aliphatic heterocycles. The van der Waals surface area contributed by atoms with Gasteiger partial charge in [-0.15, -0.1) is 0 Å². The highest BCUT2D eigenvalue weighted by Crippen LogP contribution is 2.07. The van der Waals surface area contributed by atoms with Crippen LogP contribution in [0.5, 0.6) is 0 Å². The van der Waals surface area contributed by atoms with E-state index in [4.69, 9.17) is 0 Å². The quantitative estimate of drug-likeness (QED) is 0.556. The molecule has 1 rings (SSSR count). The Kier molecular flexibility index (Phi) is 5.31. The van der Waals surface area contributed by atoms with Gasteiger partial charge in [-0.1, -0.05) is 6.07 Å². The van der Waals surface area contributed by atoms with Crippen LogP contribution in [0.15, 0.2) is 18.2 Å². The second-order valence-corrected chi connectivity index (χ2v) is 4.15. The Bertz CT molecular complexity index is 397. The first-order valence-electron chi connectivity index (χ1n) is 3.63. The highest BCUT2D eigenvalue weighted by molar-refractivity contribution is 7.85. The summed E-state index contributed by atoms with van der Waals surface area (Å²) >= 11 is 0. The van der Waals surface area contributed by atoms with Crippen LogP contribution in [-0.2, 0) is 14.3 Å². The molecule has 0 bridgehead atoms. The van der Waals surface area contributed by atoms with Crippen molar-refractivity contribution in [2.75, 3.05) is 13.4 Å². The summed E-state index contributed by atoms with van der Waals surface area (Å²) in [5.74, 6) is -3.73. The van der Waals surface area contributed by atoms with Crippen molar-refractivity contribution in [1.82, 2.24) is 0 Å². The van der Waals surface area contributed by atoms with Gasteiger partial charge in [-0.3, -0.25) is 4.18 Å². The van der Waals surface area contributed by atoms with Crippen LogP contribution in [0.4, 0.5) is 13.2 Å². The van der Waals surface area contributed by atoms with Crippen molar-refractivity contribution >= 4 is 10.1 Å². The number of hydrogen-bond donors (Lipinski definition) is 0. The molecule has 0 saturated carbocycles. The van der Waals surface area contributed by atoms with E-state index in [9.17, 15) is 21.6 Å². The molecule has 3 nitrogen and oxygen atoms in total. The van der Waals surface area contributed by atoms with Crippen LogP contribution in [-0.4, -0.2) is 21.8 Å². The average Bonchev–Trinajstić information content (AvgIpc) is 2.14. The molecule has 0 atom stereocenters. The predicted molar refractivity (Wildman–Crippen MR) is 48.2 cm³/mol. The van der Waals surface area contributed by atoms with E-state index in [0.717, 1.165) is 31.6 Å². The smallest absolute Gasteiger partial charge is 0.264 e. The Hall–Kier alpha value is -1.08. The topological polar surface area (TPSA) is 43.4 Å². The maximum atomic E-state index is 12.0. The molecule has 0 N–H and O–H groups in total. The number of halogens is 3. The van der Waals surface area contributed by atoms with Crippen molar-refractivity contribution in [3.8, 4) is 0 Å². The predicted octanol–water partition coefficient (Wildman–Crippen LogP) is 1.70. The SMILES string of the molecule is COS(C)(=O)=O.Fc1cccc(F)c1F. The lowest BCUT2D eigenvalue weighted by atomic mass is 10.3. The summed E-state index contributed by atoms with van der Waals surface area (Å²) in [5.41, 5.74) is 0. The summed E-state index contributed by atoms with van der Waals surface area (Å²) < 4.78 is 59.4. The van der Waals surface area contributed by atoms with Crippen LogP contribution in [0, 0.1) is 17.5 Å². The van der Waals surface area contributed by atoms with E-state index in [2.05, 4.69) is 4.18 Å². The Morgan fingerprint density at radius 1 is 1.13 bits per heavy atom. The lowest BCUT2D eigenvalue weighted by Crippen LogP contribution is -1.95. The first-order chi connectivity index (χ1) is 6.78. The summed E-state index contributed by atoms with van der Waals surface area (Å²) in [7, 11) is -2.04. The molecular weight excluding hydrogens is 233 g/mol. The molecule has 0 aromatic heterocycles. The molecular formula is C8H9F3O3S. The van der Waals surface area contributed by atoms with Gasteiger partial charge in [0.15, 0.2) is 17.5 Å². The fourth-order valence-electron chi connectivity index (χ4n) is 0.477. The standard InChI is InChI=1S/C6H3F3.C2H6O3S/c7-4-2-1-3-5(8)6(4)9;1-5-6(2,3)4/h1-3H;1-2H3. The van der Waals surface area contributed by atoms with E-state index < -0.39 is 27.6 Å².